The SMILES string of the molecule is CCNC(CCCc1ccccc1)c1cc(Cl)ccc1C. The molecule has 2 rings (SSSR count). The summed E-state index contributed by atoms with van der Waals surface area (Å²) in [6.07, 6.45) is 3.43. The molecule has 0 amide bonds. The van der Waals surface area contributed by atoms with Crippen LogP contribution in [0.1, 0.15) is 42.5 Å². The number of hydrogen-bond donors (Lipinski definition) is 1. The van der Waals surface area contributed by atoms with Crippen molar-refractivity contribution in [3.8, 4) is 0 Å². The third-order valence-corrected chi connectivity index (χ3v) is 4.10. The van der Waals surface area contributed by atoms with Crippen LogP contribution >= 0.6 is 11.6 Å². The maximum absolute atomic E-state index is 6.16. The van der Waals surface area contributed by atoms with Crippen molar-refractivity contribution in [2.45, 2.75) is 39.2 Å². The summed E-state index contributed by atoms with van der Waals surface area (Å²) in [5, 5.41) is 4.42. The predicted octanol–water partition coefficient (Wildman–Crippen LogP) is 5.32. The number of hydrogen-bond acceptors (Lipinski definition) is 1. The summed E-state index contributed by atoms with van der Waals surface area (Å²) >= 11 is 6.16. The Morgan fingerprint density at radius 3 is 2.57 bits per heavy atom. The molecule has 0 spiro atoms. The first kappa shape index (κ1) is 16.1. The highest BCUT2D eigenvalue weighted by Gasteiger charge is 2.13. The molecule has 1 unspecified atom stereocenters. The van der Waals surface area contributed by atoms with Crippen molar-refractivity contribution < 1.29 is 0 Å². The van der Waals surface area contributed by atoms with Gasteiger partial charge in [-0.3, -0.25) is 0 Å². The van der Waals surface area contributed by atoms with E-state index in [1.165, 1.54) is 23.1 Å². The van der Waals surface area contributed by atoms with Crippen molar-refractivity contribution in [3.05, 3.63) is 70.2 Å². The zero-order valence-corrected chi connectivity index (χ0v) is 13.7. The molecule has 1 N–H and O–H groups in total. The van der Waals surface area contributed by atoms with E-state index in [1.807, 2.05) is 6.07 Å². The summed E-state index contributed by atoms with van der Waals surface area (Å²) in [6, 6.07) is 17.3. The molecule has 2 aromatic carbocycles. The molecule has 0 fully saturated rings. The van der Waals surface area contributed by atoms with Gasteiger partial charge in [0.05, 0.1) is 0 Å². The molecule has 2 aromatic rings. The zero-order valence-electron chi connectivity index (χ0n) is 12.9. The molecule has 1 nitrogen and oxygen atoms in total. The highest BCUT2D eigenvalue weighted by atomic mass is 35.5. The van der Waals surface area contributed by atoms with Crippen molar-refractivity contribution >= 4 is 11.6 Å². The van der Waals surface area contributed by atoms with E-state index in [1.54, 1.807) is 0 Å². The van der Waals surface area contributed by atoms with Crippen LogP contribution in [0, 0.1) is 6.92 Å². The van der Waals surface area contributed by atoms with Gasteiger partial charge < -0.3 is 5.32 Å². The van der Waals surface area contributed by atoms with Gasteiger partial charge in [-0.1, -0.05) is 54.9 Å². The Labute approximate surface area is 133 Å². The lowest BCUT2D eigenvalue weighted by atomic mass is 9.95. The van der Waals surface area contributed by atoms with Crippen LogP contribution in [0.4, 0.5) is 0 Å². The number of rotatable bonds is 7. The highest BCUT2D eigenvalue weighted by molar-refractivity contribution is 6.30. The lowest BCUT2D eigenvalue weighted by molar-refractivity contribution is 0.496. The van der Waals surface area contributed by atoms with Crippen LogP contribution in [0.5, 0.6) is 0 Å². The van der Waals surface area contributed by atoms with Crippen LogP contribution in [-0.4, -0.2) is 6.54 Å². The highest BCUT2D eigenvalue weighted by Crippen LogP contribution is 2.26. The first-order chi connectivity index (χ1) is 10.2. The maximum atomic E-state index is 6.16. The average molecular weight is 302 g/mol. The fourth-order valence-corrected chi connectivity index (χ4v) is 2.94. The standard InChI is InChI=1S/C19H24ClN/c1-3-21-19(18-14-17(20)13-12-15(18)2)11-7-10-16-8-5-4-6-9-16/h4-6,8-9,12-14,19,21H,3,7,10-11H2,1-2H3. The van der Waals surface area contributed by atoms with Crippen molar-refractivity contribution in [3.63, 3.8) is 0 Å². The Morgan fingerprint density at radius 2 is 1.86 bits per heavy atom. The Hall–Kier alpha value is -1.31. The van der Waals surface area contributed by atoms with Gasteiger partial charge in [0.2, 0.25) is 0 Å². The summed E-state index contributed by atoms with van der Waals surface area (Å²) in [6.45, 7) is 5.29. The van der Waals surface area contributed by atoms with Crippen molar-refractivity contribution in [2.75, 3.05) is 6.54 Å². The number of halogens is 1. The van der Waals surface area contributed by atoms with Crippen molar-refractivity contribution in [2.24, 2.45) is 0 Å². The van der Waals surface area contributed by atoms with E-state index in [-0.39, 0.29) is 0 Å². The lowest BCUT2D eigenvalue weighted by Crippen LogP contribution is -2.21. The zero-order chi connectivity index (χ0) is 15.1. The quantitative estimate of drug-likeness (QED) is 0.729. The largest absolute Gasteiger partial charge is 0.310 e. The predicted molar refractivity (Wildman–Crippen MR) is 92.0 cm³/mol. The molecule has 0 bridgehead atoms. The average Bonchev–Trinajstić information content (AvgIpc) is 2.50. The van der Waals surface area contributed by atoms with E-state index in [2.05, 4.69) is 61.6 Å². The molecule has 0 saturated carbocycles. The Bertz CT molecular complexity index is 551. The molecule has 0 aromatic heterocycles. The van der Waals surface area contributed by atoms with Crippen LogP contribution in [0.3, 0.4) is 0 Å². The molecule has 0 aliphatic rings. The number of nitrogens with one attached hydrogen (secondary N) is 1. The molecule has 0 saturated heterocycles. The monoisotopic (exact) mass is 301 g/mol. The van der Waals surface area contributed by atoms with Gasteiger partial charge >= 0.3 is 0 Å². The third kappa shape index (κ3) is 4.87. The number of benzene rings is 2. The van der Waals surface area contributed by atoms with E-state index >= 15 is 0 Å². The number of aryl methyl sites for hydroxylation is 2. The Kier molecular flexibility index (Phi) is 6.28. The molecule has 1 atom stereocenters. The van der Waals surface area contributed by atoms with E-state index < -0.39 is 0 Å². The van der Waals surface area contributed by atoms with Gasteiger partial charge in [-0.15, -0.1) is 0 Å². The molecule has 2 heteroatoms. The minimum Gasteiger partial charge on any atom is -0.310 e. The van der Waals surface area contributed by atoms with Gasteiger partial charge in [-0.25, -0.2) is 0 Å². The fraction of sp³-hybridized carbons (Fsp3) is 0.368. The molecule has 112 valence electrons. The van der Waals surface area contributed by atoms with Gasteiger partial charge in [0, 0.05) is 11.1 Å². The molecule has 0 aliphatic heterocycles. The van der Waals surface area contributed by atoms with E-state index in [9.17, 15) is 0 Å². The third-order valence-electron chi connectivity index (χ3n) is 3.87. The first-order valence-corrected chi connectivity index (χ1v) is 8.12. The van der Waals surface area contributed by atoms with E-state index in [0.717, 1.165) is 24.4 Å². The van der Waals surface area contributed by atoms with Gasteiger partial charge in [-0.05, 0) is 61.6 Å². The second-order valence-electron chi connectivity index (χ2n) is 5.49. The molecular formula is C19H24ClN. The van der Waals surface area contributed by atoms with Crippen LogP contribution < -0.4 is 5.32 Å². The normalized spacial score (nSPS) is 12.3. The van der Waals surface area contributed by atoms with Crippen LogP contribution in [0.15, 0.2) is 48.5 Å². The molecule has 0 radical (unpaired) electrons. The maximum Gasteiger partial charge on any atom is 0.0409 e. The fourth-order valence-electron chi connectivity index (χ4n) is 2.76. The van der Waals surface area contributed by atoms with Crippen LogP contribution in [0.2, 0.25) is 5.02 Å². The summed E-state index contributed by atoms with van der Waals surface area (Å²) in [5.74, 6) is 0. The van der Waals surface area contributed by atoms with Gasteiger partial charge in [0.25, 0.3) is 0 Å². The Morgan fingerprint density at radius 1 is 1.10 bits per heavy atom. The van der Waals surface area contributed by atoms with Crippen molar-refractivity contribution in [1.29, 1.82) is 0 Å². The summed E-state index contributed by atoms with van der Waals surface area (Å²) < 4.78 is 0. The van der Waals surface area contributed by atoms with Gasteiger partial charge in [0.15, 0.2) is 0 Å². The molecule has 0 aliphatic carbocycles. The summed E-state index contributed by atoms with van der Waals surface area (Å²) in [7, 11) is 0. The smallest absolute Gasteiger partial charge is 0.0409 e. The first-order valence-electron chi connectivity index (χ1n) is 7.74. The molecule has 21 heavy (non-hydrogen) atoms. The topological polar surface area (TPSA) is 12.0 Å². The molecular weight excluding hydrogens is 278 g/mol. The van der Waals surface area contributed by atoms with Gasteiger partial charge in [0.1, 0.15) is 0 Å². The summed E-state index contributed by atoms with van der Waals surface area (Å²) in [5.41, 5.74) is 4.05. The van der Waals surface area contributed by atoms with Gasteiger partial charge in [-0.2, -0.15) is 0 Å². The van der Waals surface area contributed by atoms with Crippen molar-refractivity contribution in [1.82, 2.24) is 5.32 Å². The van der Waals surface area contributed by atoms with E-state index in [4.69, 9.17) is 11.6 Å². The minimum atomic E-state index is 0.386. The van der Waals surface area contributed by atoms with Crippen LogP contribution in [-0.2, 0) is 6.42 Å². The van der Waals surface area contributed by atoms with E-state index in [0.29, 0.717) is 6.04 Å². The van der Waals surface area contributed by atoms with Crippen LogP contribution in [0.25, 0.3) is 0 Å². The Balaban J connectivity index is 2.00. The lowest BCUT2D eigenvalue weighted by Gasteiger charge is -2.20. The molecule has 0 heterocycles. The second-order valence-corrected chi connectivity index (χ2v) is 5.93. The minimum absolute atomic E-state index is 0.386. The summed E-state index contributed by atoms with van der Waals surface area (Å²) in [4.78, 5) is 0. The second kappa shape index (κ2) is 8.21.